The zero-order valence-corrected chi connectivity index (χ0v) is 15.1. The van der Waals surface area contributed by atoms with Gasteiger partial charge < -0.3 is 21.1 Å². The first kappa shape index (κ1) is 20.2. The van der Waals surface area contributed by atoms with E-state index in [0.29, 0.717) is 43.4 Å². The lowest BCUT2D eigenvalue weighted by Crippen LogP contribution is -2.53. The smallest absolute Gasteiger partial charge is 0.321 e. The normalized spacial score (nSPS) is 16.8. The number of nitrogens with zero attached hydrogens (tertiary/aromatic N) is 2. The van der Waals surface area contributed by atoms with E-state index in [4.69, 9.17) is 17.3 Å². The van der Waals surface area contributed by atoms with Gasteiger partial charge in [0.2, 0.25) is 11.8 Å². The molecule has 0 radical (unpaired) electrons. The third-order valence-corrected chi connectivity index (χ3v) is 4.53. The number of nitrogens with one attached hydrogen (secondary N) is 1. The lowest BCUT2D eigenvalue weighted by molar-refractivity contribution is -0.146. The number of aliphatic carboxylic acids is 1. The van der Waals surface area contributed by atoms with E-state index in [1.54, 1.807) is 29.2 Å². The van der Waals surface area contributed by atoms with Crippen LogP contribution in [-0.2, 0) is 14.4 Å². The maximum atomic E-state index is 12.2. The third kappa shape index (κ3) is 6.29. The van der Waals surface area contributed by atoms with Crippen molar-refractivity contribution in [1.82, 2.24) is 9.80 Å². The molecule has 1 aromatic rings. The van der Waals surface area contributed by atoms with Gasteiger partial charge >= 0.3 is 5.97 Å². The van der Waals surface area contributed by atoms with Gasteiger partial charge in [-0.1, -0.05) is 17.7 Å². The highest BCUT2D eigenvalue weighted by molar-refractivity contribution is 6.30. The second-order valence-electron chi connectivity index (χ2n) is 6.21. The van der Waals surface area contributed by atoms with Crippen LogP contribution in [-0.4, -0.2) is 71.5 Å². The fraction of sp³-hybridized carbons (Fsp3) is 0.471. The van der Waals surface area contributed by atoms with Crippen molar-refractivity contribution in [1.29, 1.82) is 0 Å². The Kier molecular flexibility index (Phi) is 7.38. The molecule has 1 aromatic carbocycles. The van der Waals surface area contributed by atoms with Crippen LogP contribution in [0, 0.1) is 0 Å². The summed E-state index contributed by atoms with van der Waals surface area (Å²) < 4.78 is 0. The summed E-state index contributed by atoms with van der Waals surface area (Å²) in [6.45, 7) is 2.86. The van der Waals surface area contributed by atoms with E-state index in [2.05, 4.69) is 10.2 Å². The molecule has 142 valence electrons. The molecule has 2 rings (SSSR count). The van der Waals surface area contributed by atoms with Gasteiger partial charge in [0.1, 0.15) is 6.04 Å². The van der Waals surface area contributed by atoms with Gasteiger partial charge in [0, 0.05) is 49.9 Å². The molecule has 0 spiro atoms. The molecule has 1 aliphatic heterocycles. The summed E-state index contributed by atoms with van der Waals surface area (Å²) in [7, 11) is 0. The van der Waals surface area contributed by atoms with Crippen molar-refractivity contribution in [3.05, 3.63) is 29.3 Å². The predicted molar refractivity (Wildman–Crippen MR) is 97.9 cm³/mol. The van der Waals surface area contributed by atoms with E-state index in [-0.39, 0.29) is 24.7 Å². The van der Waals surface area contributed by atoms with Gasteiger partial charge in [-0.05, 0) is 18.2 Å². The maximum absolute atomic E-state index is 12.2. The summed E-state index contributed by atoms with van der Waals surface area (Å²) in [5.41, 5.74) is 5.68. The Bertz CT molecular complexity index is 662. The second-order valence-corrected chi connectivity index (χ2v) is 6.65. The number of hydrogen-bond acceptors (Lipinski definition) is 5. The molecular weight excluding hydrogens is 360 g/mol. The minimum atomic E-state index is -1.03. The molecule has 9 heteroatoms. The molecule has 0 aliphatic carbocycles. The predicted octanol–water partition coefficient (Wildman–Crippen LogP) is 0.615. The van der Waals surface area contributed by atoms with Gasteiger partial charge in [0.15, 0.2) is 0 Å². The fourth-order valence-corrected chi connectivity index (χ4v) is 3.08. The van der Waals surface area contributed by atoms with Crippen molar-refractivity contribution >= 4 is 35.1 Å². The minimum Gasteiger partial charge on any atom is -0.480 e. The molecule has 0 aromatic heterocycles. The van der Waals surface area contributed by atoms with Crippen LogP contribution in [0.1, 0.15) is 12.8 Å². The summed E-state index contributed by atoms with van der Waals surface area (Å²) in [6.07, 6.45) is 0.132. The molecule has 2 amide bonds. The number of piperazine rings is 1. The van der Waals surface area contributed by atoms with Crippen LogP contribution in [0.4, 0.5) is 5.69 Å². The van der Waals surface area contributed by atoms with Crippen molar-refractivity contribution in [3.63, 3.8) is 0 Å². The number of nitrogens with two attached hydrogens (primary N) is 1. The number of carbonyl (C=O) groups excluding carboxylic acids is 2. The van der Waals surface area contributed by atoms with E-state index in [0.717, 1.165) is 0 Å². The monoisotopic (exact) mass is 382 g/mol. The molecule has 0 bridgehead atoms. The van der Waals surface area contributed by atoms with Gasteiger partial charge in [-0.15, -0.1) is 0 Å². The van der Waals surface area contributed by atoms with E-state index in [9.17, 15) is 19.5 Å². The SMILES string of the molecule is NC(=O)CCN1CCN([C@H](CC(=O)Nc2cccc(Cl)c2)C(=O)O)CC1. The van der Waals surface area contributed by atoms with Crippen molar-refractivity contribution in [2.45, 2.75) is 18.9 Å². The van der Waals surface area contributed by atoms with Gasteiger partial charge in [-0.2, -0.15) is 0 Å². The van der Waals surface area contributed by atoms with E-state index >= 15 is 0 Å². The molecule has 1 fully saturated rings. The van der Waals surface area contributed by atoms with E-state index in [1.807, 2.05) is 0 Å². The summed E-state index contributed by atoms with van der Waals surface area (Å²) in [4.78, 5) is 38.5. The molecule has 1 saturated heterocycles. The number of rotatable bonds is 8. The minimum absolute atomic E-state index is 0.150. The van der Waals surface area contributed by atoms with Crippen LogP contribution >= 0.6 is 11.6 Å². The first-order chi connectivity index (χ1) is 12.3. The Hall–Kier alpha value is -2.16. The van der Waals surface area contributed by atoms with Crippen LogP contribution in [0.3, 0.4) is 0 Å². The molecule has 26 heavy (non-hydrogen) atoms. The van der Waals surface area contributed by atoms with Gasteiger partial charge in [0.05, 0.1) is 6.42 Å². The summed E-state index contributed by atoms with van der Waals surface area (Å²) in [5.74, 6) is -1.76. The van der Waals surface area contributed by atoms with Gasteiger partial charge in [-0.25, -0.2) is 0 Å². The average molecular weight is 383 g/mol. The Morgan fingerprint density at radius 3 is 2.50 bits per heavy atom. The molecule has 0 saturated carbocycles. The number of carbonyl (C=O) groups is 3. The summed E-state index contributed by atoms with van der Waals surface area (Å²) in [6, 6.07) is 5.80. The molecule has 1 aliphatic rings. The zero-order valence-electron chi connectivity index (χ0n) is 14.4. The summed E-state index contributed by atoms with van der Waals surface area (Å²) in [5, 5.41) is 12.7. The number of anilines is 1. The molecule has 1 heterocycles. The lowest BCUT2D eigenvalue weighted by Gasteiger charge is -2.37. The van der Waals surface area contributed by atoms with Crippen molar-refractivity contribution in [3.8, 4) is 0 Å². The molecule has 1 atom stereocenters. The number of carboxylic acids is 1. The highest BCUT2D eigenvalue weighted by atomic mass is 35.5. The van der Waals surface area contributed by atoms with E-state index < -0.39 is 12.0 Å². The second kappa shape index (κ2) is 9.51. The topological polar surface area (TPSA) is 116 Å². The molecule has 4 N–H and O–H groups in total. The fourth-order valence-electron chi connectivity index (χ4n) is 2.89. The highest BCUT2D eigenvalue weighted by Crippen LogP contribution is 2.16. The maximum Gasteiger partial charge on any atom is 0.321 e. The number of benzene rings is 1. The first-order valence-electron chi connectivity index (χ1n) is 8.38. The molecular formula is C17H23ClN4O4. The Labute approximate surface area is 156 Å². The van der Waals surface area contributed by atoms with Gasteiger partial charge in [0.25, 0.3) is 0 Å². The van der Waals surface area contributed by atoms with Crippen LogP contribution in [0.25, 0.3) is 0 Å². The van der Waals surface area contributed by atoms with Crippen LogP contribution in [0.2, 0.25) is 5.02 Å². The van der Waals surface area contributed by atoms with Crippen LogP contribution in [0.5, 0.6) is 0 Å². The van der Waals surface area contributed by atoms with Crippen LogP contribution in [0.15, 0.2) is 24.3 Å². The van der Waals surface area contributed by atoms with Crippen molar-refractivity contribution < 1.29 is 19.5 Å². The van der Waals surface area contributed by atoms with E-state index in [1.165, 1.54) is 0 Å². The van der Waals surface area contributed by atoms with Crippen molar-refractivity contribution in [2.75, 3.05) is 38.0 Å². The molecule has 8 nitrogen and oxygen atoms in total. The van der Waals surface area contributed by atoms with Crippen molar-refractivity contribution in [2.24, 2.45) is 5.73 Å². The average Bonchev–Trinajstić information content (AvgIpc) is 2.58. The Morgan fingerprint density at radius 2 is 1.92 bits per heavy atom. The number of primary amides is 1. The zero-order chi connectivity index (χ0) is 19.1. The quantitative estimate of drug-likeness (QED) is 0.606. The Balaban J connectivity index is 1.87. The number of hydrogen-bond donors (Lipinski definition) is 3. The number of halogens is 1. The molecule has 0 unspecified atom stereocenters. The third-order valence-electron chi connectivity index (χ3n) is 4.29. The number of amides is 2. The number of carboxylic acid groups (broad SMARTS) is 1. The standard InChI is InChI=1S/C17H23ClN4O4/c18-12-2-1-3-13(10-12)20-16(24)11-14(17(25)26)22-8-6-21(7-9-22)5-4-15(19)23/h1-3,10,14H,4-9,11H2,(H2,19,23)(H,20,24)(H,25,26)/t14-/m1/s1. The van der Waals surface area contributed by atoms with Crippen LogP contribution < -0.4 is 11.1 Å². The first-order valence-corrected chi connectivity index (χ1v) is 8.76. The Morgan fingerprint density at radius 1 is 1.23 bits per heavy atom. The lowest BCUT2D eigenvalue weighted by atomic mass is 10.1. The largest absolute Gasteiger partial charge is 0.480 e. The van der Waals surface area contributed by atoms with Gasteiger partial charge in [-0.3, -0.25) is 19.3 Å². The summed E-state index contributed by atoms with van der Waals surface area (Å²) >= 11 is 5.88. The highest BCUT2D eigenvalue weighted by Gasteiger charge is 2.30.